The Balaban J connectivity index is 0.000000241. The van der Waals surface area contributed by atoms with E-state index in [0.29, 0.717) is 0 Å². The first-order valence-corrected chi connectivity index (χ1v) is 11.4. The molecule has 0 aliphatic heterocycles. The van der Waals surface area contributed by atoms with Crippen molar-refractivity contribution in [2.75, 3.05) is 6.61 Å². The Hall–Kier alpha value is -2.48. The van der Waals surface area contributed by atoms with Crippen molar-refractivity contribution < 1.29 is 9.84 Å². The van der Waals surface area contributed by atoms with Gasteiger partial charge in [-0.1, -0.05) is 121 Å². The Morgan fingerprint density at radius 1 is 0.900 bits per heavy atom. The van der Waals surface area contributed by atoms with E-state index in [0.717, 1.165) is 35.8 Å². The van der Waals surface area contributed by atoms with Gasteiger partial charge in [0.1, 0.15) is 11.5 Å². The largest absolute Gasteiger partial charge is 0.507 e. The SMILES string of the molecule is C=Cc1ccccc1O.C=Cc1ccccc1OCCCCC.CCC1CCCC1. The summed E-state index contributed by atoms with van der Waals surface area (Å²) in [6, 6.07) is 15.1. The van der Waals surface area contributed by atoms with E-state index < -0.39 is 0 Å². The number of benzene rings is 2. The van der Waals surface area contributed by atoms with Crippen LogP contribution in [0.4, 0.5) is 0 Å². The van der Waals surface area contributed by atoms with Crippen molar-refractivity contribution in [3.05, 3.63) is 72.8 Å². The molecule has 2 heteroatoms. The zero-order valence-corrected chi connectivity index (χ0v) is 19.0. The molecular formula is C28H40O2. The maximum atomic E-state index is 9.04. The summed E-state index contributed by atoms with van der Waals surface area (Å²) in [5, 5.41) is 9.04. The number of hydrogen-bond acceptors (Lipinski definition) is 2. The smallest absolute Gasteiger partial charge is 0.126 e. The maximum Gasteiger partial charge on any atom is 0.126 e. The van der Waals surface area contributed by atoms with Crippen molar-refractivity contribution in [1.82, 2.24) is 0 Å². The first kappa shape index (κ1) is 25.6. The van der Waals surface area contributed by atoms with Gasteiger partial charge in [-0.25, -0.2) is 0 Å². The first-order chi connectivity index (χ1) is 14.7. The molecule has 30 heavy (non-hydrogen) atoms. The highest BCUT2D eigenvalue weighted by molar-refractivity contribution is 5.55. The molecule has 3 rings (SSSR count). The van der Waals surface area contributed by atoms with E-state index in [9.17, 15) is 0 Å². The van der Waals surface area contributed by atoms with Gasteiger partial charge in [0.15, 0.2) is 0 Å². The highest BCUT2D eigenvalue weighted by Crippen LogP contribution is 2.26. The molecule has 2 aromatic rings. The van der Waals surface area contributed by atoms with E-state index in [4.69, 9.17) is 9.84 Å². The average Bonchev–Trinajstić information content (AvgIpc) is 3.32. The fourth-order valence-electron chi connectivity index (χ4n) is 3.39. The summed E-state index contributed by atoms with van der Waals surface area (Å²) in [4.78, 5) is 0. The molecule has 164 valence electrons. The minimum absolute atomic E-state index is 0.285. The summed E-state index contributed by atoms with van der Waals surface area (Å²) >= 11 is 0. The van der Waals surface area contributed by atoms with Crippen LogP contribution >= 0.6 is 0 Å². The van der Waals surface area contributed by atoms with Crippen molar-refractivity contribution in [3.8, 4) is 11.5 Å². The molecule has 0 amide bonds. The molecule has 0 atom stereocenters. The minimum atomic E-state index is 0.285. The van der Waals surface area contributed by atoms with Crippen LogP contribution < -0.4 is 4.74 Å². The van der Waals surface area contributed by atoms with Crippen molar-refractivity contribution in [2.24, 2.45) is 5.92 Å². The van der Waals surface area contributed by atoms with Crippen molar-refractivity contribution in [2.45, 2.75) is 65.2 Å². The van der Waals surface area contributed by atoms with E-state index in [1.165, 1.54) is 44.9 Å². The van der Waals surface area contributed by atoms with Crippen LogP contribution in [0.15, 0.2) is 61.7 Å². The van der Waals surface area contributed by atoms with E-state index in [1.807, 2.05) is 42.5 Å². The molecule has 1 aliphatic rings. The molecule has 1 fully saturated rings. The van der Waals surface area contributed by atoms with Crippen LogP contribution in [0.3, 0.4) is 0 Å². The quantitative estimate of drug-likeness (QED) is 0.443. The molecule has 2 nitrogen and oxygen atoms in total. The van der Waals surface area contributed by atoms with Crippen LogP contribution in [0, 0.1) is 5.92 Å². The third-order valence-corrected chi connectivity index (χ3v) is 5.35. The predicted molar refractivity (Wildman–Crippen MR) is 132 cm³/mol. The van der Waals surface area contributed by atoms with Gasteiger partial charge in [-0.2, -0.15) is 0 Å². The molecule has 1 N–H and O–H groups in total. The summed E-state index contributed by atoms with van der Waals surface area (Å²) < 4.78 is 5.66. The van der Waals surface area contributed by atoms with Crippen LogP contribution in [0.5, 0.6) is 11.5 Å². The number of aromatic hydroxyl groups is 1. The van der Waals surface area contributed by atoms with Crippen molar-refractivity contribution >= 4 is 12.2 Å². The van der Waals surface area contributed by atoms with Gasteiger partial charge in [-0.15, -0.1) is 0 Å². The molecule has 0 heterocycles. The first-order valence-electron chi connectivity index (χ1n) is 11.4. The second kappa shape index (κ2) is 16.3. The summed E-state index contributed by atoms with van der Waals surface area (Å²) in [7, 11) is 0. The molecule has 0 spiro atoms. The third-order valence-electron chi connectivity index (χ3n) is 5.35. The maximum absolute atomic E-state index is 9.04. The normalized spacial score (nSPS) is 12.7. The highest BCUT2D eigenvalue weighted by Gasteiger charge is 2.11. The zero-order valence-electron chi connectivity index (χ0n) is 19.0. The number of hydrogen-bond donors (Lipinski definition) is 1. The van der Waals surface area contributed by atoms with Gasteiger partial charge < -0.3 is 9.84 Å². The van der Waals surface area contributed by atoms with E-state index in [-0.39, 0.29) is 5.75 Å². The highest BCUT2D eigenvalue weighted by atomic mass is 16.5. The number of rotatable bonds is 8. The summed E-state index contributed by atoms with van der Waals surface area (Å²) in [6.45, 7) is 12.6. The van der Waals surface area contributed by atoms with E-state index >= 15 is 0 Å². The van der Waals surface area contributed by atoms with Crippen LogP contribution in [0.25, 0.3) is 12.2 Å². The summed E-state index contributed by atoms with van der Waals surface area (Å²) in [5.41, 5.74) is 1.85. The summed E-state index contributed by atoms with van der Waals surface area (Å²) in [6.07, 6.45) is 14.5. The Bertz CT molecular complexity index is 714. The average molecular weight is 409 g/mol. The zero-order chi connectivity index (χ0) is 22.0. The molecule has 1 aliphatic carbocycles. The van der Waals surface area contributed by atoms with Gasteiger partial charge in [0.25, 0.3) is 0 Å². The number of para-hydroxylation sites is 2. The van der Waals surface area contributed by atoms with Gasteiger partial charge in [-0.3, -0.25) is 0 Å². The molecule has 0 bridgehead atoms. The monoisotopic (exact) mass is 408 g/mol. The number of unbranched alkanes of at least 4 members (excludes halogenated alkanes) is 2. The molecular weight excluding hydrogens is 368 g/mol. The Morgan fingerprint density at radius 2 is 1.50 bits per heavy atom. The van der Waals surface area contributed by atoms with Crippen molar-refractivity contribution in [1.29, 1.82) is 0 Å². The minimum Gasteiger partial charge on any atom is -0.507 e. The standard InChI is InChI=1S/C13H18O.C8H8O.C7H14/c1-3-5-8-11-14-13-10-7-6-9-12(13)4-2;1-2-7-5-3-4-6-8(7)9;1-2-7-5-3-4-6-7/h4,6-7,9-10H,2-3,5,8,11H2,1H3;2-6,9H,1H2;7H,2-6H2,1H3. The lowest BCUT2D eigenvalue weighted by Crippen LogP contribution is -1.98. The molecule has 2 aromatic carbocycles. The molecule has 0 aromatic heterocycles. The Labute approximate surface area is 184 Å². The van der Waals surface area contributed by atoms with Gasteiger partial charge in [0.05, 0.1) is 6.61 Å². The van der Waals surface area contributed by atoms with Gasteiger partial charge in [-0.05, 0) is 24.5 Å². The number of ether oxygens (including phenoxy) is 1. The van der Waals surface area contributed by atoms with E-state index in [2.05, 4.69) is 27.0 Å². The summed E-state index contributed by atoms with van der Waals surface area (Å²) in [5.74, 6) is 2.33. The second-order valence-electron chi connectivity index (χ2n) is 7.62. The lowest BCUT2D eigenvalue weighted by Gasteiger charge is -2.08. The molecule has 1 saturated carbocycles. The Kier molecular flexibility index (Phi) is 13.9. The molecule has 0 saturated heterocycles. The lowest BCUT2D eigenvalue weighted by molar-refractivity contribution is 0.305. The molecule has 0 unspecified atom stereocenters. The van der Waals surface area contributed by atoms with Gasteiger partial charge in [0.2, 0.25) is 0 Å². The van der Waals surface area contributed by atoms with Crippen LogP contribution in [0.2, 0.25) is 0 Å². The van der Waals surface area contributed by atoms with Gasteiger partial charge >= 0.3 is 0 Å². The predicted octanol–water partition coefficient (Wildman–Crippen LogP) is 8.52. The number of phenols is 1. The fraction of sp³-hybridized carbons (Fsp3) is 0.429. The van der Waals surface area contributed by atoms with E-state index in [1.54, 1.807) is 18.2 Å². The topological polar surface area (TPSA) is 29.5 Å². The lowest BCUT2D eigenvalue weighted by atomic mass is 10.1. The van der Waals surface area contributed by atoms with Crippen LogP contribution in [-0.2, 0) is 0 Å². The van der Waals surface area contributed by atoms with Crippen LogP contribution in [0.1, 0.15) is 76.3 Å². The number of phenolic OH excluding ortho intramolecular Hbond substituents is 1. The van der Waals surface area contributed by atoms with Crippen LogP contribution in [-0.4, -0.2) is 11.7 Å². The Morgan fingerprint density at radius 3 is 2.00 bits per heavy atom. The second-order valence-corrected chi connectivity index (χ2v) is 7.62. The van der Waals surface area contributed by atoms with Gasteiger partial charge in [0, 0.05) is 11.1 Å². The van der Waals surface area contributed by atoms with Crippen molar-refractivity contribution in [3.63, 3.8) is 0 Å². The fourth-order valence-corrected chi connectivity index (χ4v) is 3.39. The molecule has 0 radical (unpaired) electrons. The third kappa shape index (κ3) is 10.3.